The van der Waals surface area contributed by atoms with E-state index in [0.717, 1.165) is 16.4 Å². The maximum atomic E-state index is 14.2. The Morgan fingerprint density at radius 2 is 1.23 bits per heavy atom. The molecule has 0 bridgehead atoms. The van der Waals surface area contributed by atoms with Gasteiger partial charge in [0.05, 0.1) is 35.2 Å². The fourth-order valence-electron chi connectivity index (χ4n) is 5.23. The quantitative estimate of drug-likeness (QED) is 0.203. The number of carbonyl (C=O) groups is 2. The van der Waals surface area contributed by atoms with Crippen LogP contribution in [0.4, 0.5) is 0 Å². The molecule has 0 aliphatic heterocycles. The van der Waals surface area contributed by atoms with Crippen molar-refractivity contribution in [3.63, 3.8) is 0 Å². The van der Waals surface area contributed by atoms with E-state index < -0.39 is 36.2 Å². The molecule has 1 aromatic heterocycles. The minimum absolute atomic E-state index is 0.0833. The SMILES string of the molecule is COC(=O)C(C(C(=O)OC)n1[nH]c(=O)n(-c2ccc(Cl)c(Cl)c2)c1=O)=P(c1ccccc1)(c1ccccc1)c1ccccc1. The molecule has 0 fully saturated rings. The van der Waals surface area contributed by atoms with Crippen LogP contribution in [-0.2, 0) is 19.1 Å². The Balaban J connectivity index is 2.02. The minimum Gasteiger partial charge on any atom is -0.467 e. The van der Waals surface area contributed by atoms with Crippen molar-refractivity contribution in [2.45, 2.75) is 6.04 Å². The summed E-state index contributed by atoms with van der Waals surface area (Å²) in [6.45, 7) is -3.33. The lowest BCUT2D eigenvalue weighted by Gasteiger charge is -2.34. The normalized spacial score (nSPS) is 11.9. The maximum Gasteiger partial charge on any atom is 0.352 e. The van der Waals surface area contributed by atoms with Gasteiger partial charge in [0.25, 0.3) is 0 Å². The van der Waals surface area contributed by atoms with Crippen LogP contribution in [0, 0.1) is 0 Å². The van der Waals surface area contributed by atoms with Crippen molar-refractivity contribution in [3.8, 4) is 5.69 Å². The highest BCUT2D eigenvalue weighted by molar-refractivity contribution is 7.96. The number of benzene rings is 4. The number of aromatic amines is 1. The number of nitrogens with one attached hydrogen (secondary N) is 1. The Labute approximate surface area is 262 Å². The van der Waals surface area contributed by atoms with Crippen LogP contribution >= 0.6 is 30.1 Å². The van der Waals surface area contributed by atoms with Gasteiger partial charge >= 0.3 is 23.3 Å². The molecule has 0 radical (unpaired) electrons. The molecule has 4 aromatic carbocycles. The fourth-order valence-corrected chi connectivity index (χ4v) is 10.1. The van der Waals surface area contributed by atoms with Crippen molar-refractivity contribution >= 4 is 63.2 Å². The maximum absolute atomic E-state index is 14.2. The van der Waals surface area contributed by atoms with Crippen LogP contribution in [0.25, 0.3) is 5.69 Å². The highest BCUT2D eigenvalue weighted by atomic mass is 35.5. The minimum atomic E-state index is -3.33. The van der Waals surface area contributed by atoms with Crippen LogP contribution in [0.2, 0.25) is 10.0 Å². The number of H-pyrrole nitrogens is 1. The molecule has 0 spiro atoms. The third-order valence-electron chi connectivity index (χ3n) is 7.11. The van der Waals surface area contributed by atoms with Gasteiger partial charge in [0.1, 0.15) is 0 Å². The van der Waals surface area contributed by atoms with Gasteiger partial charge in [-0.2, -0.15) is 0 Å². The van der Waals surface area contributed by atoms with E-state index in [4.69, 9.17) is 32.7 Å². The molecule has 0 aliphatic rings. The number of hydrogen-bond acceptors (Lipinski definition) is 6. The number of aromatic nitrogens is 3. The number of methoxy groups -OCH3 is 2. The molecule has 0 saturated carbocycles. The summed E-state index contributed by atoms with van der Waals surface area (Å²) in [6, 6.07) is 30.1. The van der Waals surface area contributed by atoms with Crippen molar-refractivity contribution in [3.05, 3.63) is 140 Å². The van der Waals surface area contributed by atoms with Crippen LogP contribution in [0.1, 0.15) is 6.04 Å². The van der Waals surface area contributed by atoms with E-state index in [0.29, 0.717) is 15.9 Å². The molecule has 0 saturated heterocycles. The molecule has 9 nitrogen and oxygen atoms in total. The summed E-state index contributed by atoms with van der Waals surface area (Å²) in [4.78, 5) is 55.4. The van der Waals surface area contributed by atoms with E-state index in [-0.39, 0.29) is 21.0 Å². The largest absolute Gasteiger partial charge is 0.467 e. The predicted molar refractivity (Wildman–Crippen MR) is 174 cm³/mol. The van der Waals surface area contributed by atoms with E-state index in [2.05, 4.69) is 5.10 Å². The number of esters is 2. The van der Waals surface area contributed by atoms with Crippen molar-refractivity contribution < 1.29 is 19.1 Å². The highest BCUT2D eigenvalue weighted by Gasteiger charge is 2.43. The lowest BCUT2D eigenvalue weighted by atomic mass is 10.2. The Morgan fingerprint density at radius 3 is 1.66 bits per heavy atom. The number of rotatable bonds is 8. The summed E-state index contributed by atoms with van der Waals surface area (Å²) in [6.07, 6.45) is 0. The molecule has 1 atom stereocenters. The van der Waals surface area contributed by atoms with Crippen LogP contribution in [0.3, 0.4) is 0 Å². The van der Waals surface area contributed by atoms with E-state index >= 15 is 0 Å². The summed E-state index contributed by atoms with van der Waals surface area (Å²) in [5.41, 5.74) is -1.73. The Hall–Kier alpha value is -4.56. The van der Waals surface area contributed by atoms with Gasteiger partial charge in [-0.15, -0.1) is 0 Å². The highest BCUT2D eigenvalue weighted by Crippen LogP contribution is 2.48. The lowest BCUT2D eigenvalue weighted by molar-refractivity contribution is -0.144. The molecule has 1 N–H and O–H groups in total. The number of nitrogens with zero attached hydrogens (tertiary/aromatic N) is 2. The second kappa shape index (κ2) is 13.0. The van der Waals surface area contributed by atoms with Crippen LogP contribution < -0.4 is 27.3 Å². The number of carbonyl (C=O) groups excluding carboxylic acids is 2. The average molecular weight is 650 g/mol. The van der Waals surface area contributed by atoms with Gasteiger partial charge in [-0.3, -0.25) is 0 Å². The molecular formula is C32H26Cl2N3O6P. The van der Waals surface area contributed by atoms with Crippen molar-refractivity contribution in [2.75, 3.05) is 14.2 Å². The van der Waals surface area contributed by atoms with E-state index in [9.17, 15) is 19.2 Å². The summed E-state index contributed by atoms with van der Waals surface area (Å²) in [7, 11) is 2.33. The monoisotopic (exact) mass is 649 g/mol. The summed E-state index contributed by atoms with van der Waals surface area (Å²) < 4.78 is 12.2. The molecule has 0 amide bonds. The number of ether oxygens (including phenoxy) is 2. The molecular weight excluding hydrogens is 624 g/mol. The molecule has 44 heavy (non-hydrogen) atoms. The lowest BCUT2D eigenvalue weighted by Crippen LogP contribution is -2.45. The third kappa shape index (κ3) is 5.35. The van der Waals surface area contributed by atoms with E-state index in [1.165, 1.54) is 25.3 Å². The first-order valence-corrected chi connectivity index (χ1v) is 15.8. The Kier molecular flexibility index (Phi) is 9.11. The summed E-state index contributed by atoms with van der Waals surface area (Å²) in [5, 5.41) is 4.81. The first kappa shape index (κ1) is 30.9. The van der Waals surface area contributed by atoms with E-state index in [1.54, 1.807) is 0 Å². The van der Waals surface area contributed by atoms with Crippen LogP contribution in [0.15, 0.2) is 119 Å². The van der Waals surface area contributed by atoms with Crippen molar-refractivity contribution in [2.24, 2.45) is 0 Å². The van der Waals surface area contributed by atoms with Crippen LogP contribution in [0.5, 0.6) is 0 Å². The van der Waals surface area contributed by atoms with Gasteiger partial charge < -0.3 is 9.47 Å². The molecule has 12 heteroatoms. The zero-order valence-electron chi connectivity index (χ0n) is 23.5. The van der Waals surface area contributed by atoms with Gasteiger partial charge in [-0.1, -0.05) is 114 Å². The smallest absolute Gasteiger partial charge is 0.352 e. The van der Waals surface area contributed by atoms with Crippen molar-refractivity contribution in [1.29, 1.82) is 0 Å². The summed E-state index contributed by atoms with van der Waals surface area (Å²) >= 11 is 12.2. The van der Waals surface area contributed by atoms with Gasteiger partial charge in [0, 0.05) is 0 Å². The second-order valence-electron chi connectivity index (χ2n) is 9.48. The van der Waals surface area contributed by atoms with Gasteiger partial charge in [0.15, 0.2) is 6.04 Å². The van der Waals surface area contributed by atoms with Gasteiger partial charge in [-0.05, 0) is 41.0 Å². The van der Waals surface area contributed by atoms with E-state index in [1.807, 2.05) is 91.0 Å². The first-order chi connectivity index (χ1) is 21.2. The number of halogens is 2. The number of hydrogen-bond donors (Lipinski definition) is 1. The Morgan fingerprint density at radius 1 is 0.727 bits per heavy atom. The molecule has 1 heterocycles. The molecule has 0 aliphatic carbocycles. The van der Waals surface area contributed by atoms with Crippen LogP contribution in [-0.4, -0.2) is 45.8 Å². The van der Waals surface area contributed by atoms with Gasteiger partial charge in [-0.25, -0.2) is 33.5 Å². The second-order valence-corrected chi connectivity index (χ2v) is 13.7. The topological polar surface area (TPSA) is 112 Å². The molecule has 5 rings (SSSR count). The average Bonchev–Trinajstić information content (AvgIpc) is 3.35. The van der Waals surface area contributed by atoms with Gasteiger partial charge in [0.2, 0.25) is 0 Å². The zero-order valence-corrected chi connectivity index (χ0v) is 25.9. The third-order valence-corrected chi connectivity index (χ3v) is 12.2. The fraction of sp³-hybridized carbons (Fsp3) is 0.0938. The molecule has 224 valence electrons. The molecule has 1 unspecified atom stereocenters. The van der Waals surface area contributed by atoms with Crippen molar-refractivity contribution in [1.82, 2.24) is 14.3 Å². The predicted octanol–water partition coefficient (Wildman–Crippen LogP) is 3.69. The first-order valence-electron chi connectivity index (χ1n) is 13.2. The summed E-state index contributed by atoms with van der Waals surface area (Å²) in [5.74, 6) is -1.83. The standard InChI is InChI=1S/C32H26Cl2N3O6P/c1-42-29(38)27(37-32(41)36(31(40)35-37)21-18-19-25(33)26(34)20-21)28(30(39)43-2)44(22-12-6-3-7-13-22,23-14-8-4-9-15-23)24-16-10-5-11-17-24/h3-20,27H,1-2H3,(H,35,40). The Bertz CT molecular complexity index is 1900. The zero-order chi connectivity index (χ0) is 31.4. The molecule has 5 aromatic rings.